The highest BCUT2D eigenvalue weighted by molar-refractivity contribution is 7.71. The van der Waals surface area contributed by atoms with E-state index in [2.05, 4.69) is 10.1 Å². The van der Waals surface area contributed by atoms with E-state index in [1.165, 1.54) is 6.21 Å². The molecule has 0 unspecified atom stereocenters. The Labute approximate surface area is 143 Å². The molecule has 0 amide bonds. The van der Waals surface area contributed by atoms with Crippen molar-refractivity contribution in [3.8, 4) is 11.5 Å². The number of nitrogens with zero attached hydrogens (tertiary/aromatic N) is 2. The van der Waals surface area contributed by atoms with Gasteiger partial charge in [-0.1, -0.05) is 18.2 Å². The third-order valence-electron chi connectivity index (χ3n) is 3.53. The number of rotatable bonds is 4. The molecule has 0 aliphatic heterocycles. The van der Waals surface area contributed by atoms with Crippen molar-refractivity contribution in [2.45, 2.75) is 0 Å². The lowest BCUT2D eigenvalue weighted by atomic mass is 10.2. The van der Waals surface area contributed by atoms with Gasteiger partial charge in [0, 0.05) is 5.56 Å². The molecule has 0 radical (unpaired) electrons. The Morgan fingerprint density at radius 3 is 2.67 bits per heavy atom. The molecule has 1 N–H and O–H groups in total. The van der Waals surface area contributed by atoms with E-state index in [4.69, 9.17) is 21.7 Å². The summed E-state index contributed by atoms with van der Waals surface area (Å²) in [5.41, 5.74) is 1.07. The standard InChI is InChI=1S/C17H15N3O3S/c1-22-14-9-5-6-11(15(14)23-2)10-18-20-16(21)12-7-3-4-8-13(12)19-17(20)24/h3-10H,1-2H3,(H,19,24)/b18-10-. The Kier molecular flexibility index (Phi) is 4.43. The minimum absolute atomic E-state index is 0.219. The van der Waals surface area contributed by atoms with Gasteiger partial charge in [0.25, 0.3) is 5.56 Å². The maximum atomic E-state index is 12.6. The summed E-state index contributed by atoms with van der Waals surface area (Å²) in [7, 11) is 3.10. The number of fused-ring (bicyclic) bond motifs is 1. The van der Waals surface area contributed by atoms with Gasteiger partial charge in [0.15, 0.2) is 11.5 Å². The largest absolute Gasteiger partial charge is 0.493 e. The summed E-state index contributed by atoms with van der Waals surface area (Å²) in [6.45, 7) is 0. The highest BCUT2D eigenvalue weighted by Crippen LogP contribution is 2.29. The van der Waals surface area contributed by atoms with Crippen LogP contribution in [0.4, 0.5) is 0 Å². The first-order chi connectivity index (χ1) is 11.7. The lowest BCUT2D eigenvalue weighted by Gasteiger charge is -2.09. The highest BCUT2D eigenvalue weighted by Gasteiger charge is 2.08. The normalized spacial score (nSPS) is 11.1. The molecule has 0 fully saturated rings. The molecule has 0 saturated carbocycles. The molecule has 7 heteroatoms. The number of methoxy groups -OCH3 is 2. The summed E-state index contributed by atoms with van der Waals surface area (Å²) in [6, 6.07) is 12.6. The van der Waals surface area contributed by atoms with Crippen LogP contribution in [-0.4, -0.2) is 30.1 Å². The number of nitrogens with one attached hydrogen (secondary N) is 1. The lowest BCUT2D eigenvalue weighted by Crippen LogP contribution is -2.18. The van der Waals surface area contributed by atoms with Gasteiger partial charge in [0.2, 0.25) is 4.77 Å². The molecular formula is C17H15N3O3S. The summed E-state index contributed by atoms with van der Waals surface area (Å²) in [5.74, 6) is 1.12. The Morgan fingerprint density at radius 2 is 1.92 bits per heavy atom. The first kappa shape index (κ1) is 15.9. The first-order valence-corrected chi connectivity index (χ1v) is 7.56. The Bertz CT molecular complexity index is 1040. The summed E-state index contributed by atoms with van der Waals surface area (Å²) in [6.07, 6.45) is 1.52. The molecular weight excluding hydrogens is 326 g/mol. The predicted octanol–water partition coefficient (Wildman–Crippen LogP) is 2.96. The van der Waals surface area contributed by atoms with Crippen LogP contribution in [-0.2, 0) is 0 Å². The Balaban J connectivity index is 2.13. The lowest BCUT2D eigenvalue weighted by molar-refractivity contribution is 0.354. The van der Waals surface area contributed by atoms with E-state index in [1.54, 1.807) is 38.5 Å². The molecule has 1 heterocycles. The molecule has 3 rings (SSSR count). The molecule has 6 nitrogen and oxygen atoms in total. The van der Waals surface area contributed by atoms with Crippen LogP contribution in [0, 0.1) is 4.77 Å². The van der Waals surface area contributed by atoms with E-state index in [1.807, 2.05) is 18.2 Å². The molecule has 24 heavy (non-hydrogen) atoms. The minimum atomic E-state index is -0.285. The average Bonchev–Trinajstić information content (AvgIpc) is 2.61. The number of aromatic nitrogens is 2. The van der Waals surface area contributed by atoms with E-state index < -0.39 is 0 Å². The molecule has 0 atom stereocenters. The van der Waals surface area contributed by atoms with Crippen molar-refractivity contribution < 1.29 is 9.47 Å². The summed E-state index contributed by atoms with van der Waals surface area (Å²) < 4.78 is 12.0. The van der Waals surface area contributed by atoms with Crippen LogP contribution in [0.15, 0.2) is 52.4 Å². The van der Waals surface area contributed by atoms with Crippen molar-refractivity contribution >= 4 is 29.3 Å². The zero-order chi connectivity index (χ0) is 17.1. The van der Waals surface area contributed by atoms with E-state index in [0.717, 1.165) is 4.68 Å². The number of aromatic amines is 1. The Morgan fingerprint density at radius 1 is 1.12 bits per heavy atom. The molecule has 122 valence electrons. The number of hydrogen-bond acceptors (Lipinski definition) is 5. The van der Waals surface area contributed by atoms with Crippen LogP contribution in [0.1, 0.15) is 5.56 Å². The molecule has 3 aromatic rings. The molecule has 1 aromatic heterocycles. The van der Waals surface area contributed by atoms with E-state index in [0.29, 0.717) is 28.0 Å². The molecule has 0 aliphatic carbocycles. The van der Waals surface area contributed by atoms with Gasteiger partial charge >= 0.3 is 0 Å². The number of para-hydroxylation sites is 2. The van der Waals surface area contributed by atoms with Crippen LogP contribution in [0.25, 0.3) is 10.9 Å². The summed E-state index contributed by atoms with van der Waals surface area (Å²) in [5, 5.41) is 4.73. The average molecular weight is 341 g/mol. The highest BCUT2D eigenvalue weighted by atomic mass is 32.1. The van der Waals surface area contributed by atoms with Gasteiger partial charge in [-0.15, -0.1) is 0 Å². The number of hydrogen-bond donors (Lipinski definition) is 1. The fraction of sp³-hybridized carbons (Fsp3) is 0.118. The van der Waals surface area contributed by atoms with Gasteiger partial charge in [0.1, 0.15) is 0 Å². The predicted molar refractivity (Wildman–Crippen MR) is 95.9 cm³/mol. The summed E-state index contributed by atoms with van der Waals surface area (Å²) in [4.78, 5) is 15.5. The van der Waals surface area contributed by atoms with Gasteiger partial charge in [-0.05, 0) is 36.5 Å². The number of ether oxygens (including phenoxy) is 2. The SMILES string of the molecule is COc1cccc(/C=N\n2c(=S)[nH]c3ccccc3c2=O)c1OC. The van der Waals surface area contributed by atoms with Crippen LogP contribution < -0.4 is 15.0 Å². The second kappa shape index (κ2) is 6.67. The van der Waals surface area contributed by atoms with Crippen molar-refractivity contribution in [3.63, 3.8) is 0 Å². The Hall–Kier alpha value is -2.93. The third kappa shape index (κ3) is 2.81. The third-order valence-corrected chi connectivity index (χ3v) is 3.80. The van der Waals surface area contributed by atoms with Crippen LogP contribution >= 0.6 is 12.2 Å². The maximum absolute atomic E-state index is 12.6. The van der Waals surface area contributed by atoms with Crippen molar-refractivity contribution in [2.75, 3.05) is 14.2 Å². The van der Waals surface area contributed by atoms with Gasteiger partial charge in [-0.25, -0.2) is 0 Å². The van der Waals surface area contributed by atoms with Crippen LogP contribution in [0.3, 0.4) is 0 Å². The quantitative estimate of drug-likeness (QED) is 0.585. The first-order valence-electron chi connectivity index (χ1n) is 7.15. The van der Waals surface area contributed by atoms with Crippen molar-refractivity contribution in [1.82, 2.24) is 9.66 Å². The van der Waals surface area contributed by atoms with Gasteiger partial charge in [0.05, 0.1) is 31.3 Å². The molecule has 0 spiro atoms. The zero-order valence-corrected chi connectivity index (χ0v) is 14.0. The van der Waals surface area contributed by atoms with Crippen molar-refractivity contribution in [3.05, 3.63) is 63.2 Å². The molecule has 2 aromatic carbocycles. The van der Waals surface area contributed by atoms with Gasteiger partial charge < -0.3 is 14.5 Å². The summed E-state index contributed by atoms with van der Waals surface area (Å²) >= 11 is 5.23. The van der Waals surface area contributed by atoms with Crippen molar-refractivity contribution in [1.29, 1.82) is 0 Å². The molecule has 0 saturated heterocycles. The second-order valence-electron chi connectivity index (χ2n) is 4.92. The fourth-order valence-electron chi connectivity index (χ4n) is 2.39. The van der Waals surface area contributed by atoms with Gasteiger partial charge in [-0.2, -0.15) is 9.78 Å². The topological polar surface area (TPSA) is 68.6 Å². The maximum Gasteiger partial charge on any atom is 0.282 e. The van der Waals surface area contributed by atoms with E-state index in [-0.39, 0.29) is 10.3 Å². The number of H-pyrrole nitrogens is 1. The van der Waals surface area contributed by atoms with E-state index in [9.17, 15) is 4.79 Å². The second-order valence-corrected chi connectivity index (χ2v) is 5.31. The van der Waals surface area contributed by atoms with Crippen LogP contribution in [0.5, 0.6) is 11.5 Å². The van der Waals surface area contributed by atoms with Gasteiger partial charge in [-0.3, -0.25) is 4.79 Å². The van der Waals surface area contributed by atoms with Crippen LogP contribution in [0.2, 0.25) is 0 Å². The van der Waals surface area contributed by atoms with Crippen molar-refractivity contribution in [2.24, 2.45) is 5.10 Å². The molecule has 0 aliphatic rings. The van der Waals surface area contributed by atoms with E-state index >= 15 is 0 Å². The monoisotopic (exact) mass is 341 g/mol. The fourth-order valence-corrected chi connectivity index (χ4v) is 2.63. The minimum Gasteiger partial charge on any atom is -0.493 e. The smallest absolute Gasteiger partial charge is 0.282 e. The molecule has 0 bridgehead atoms. The number of benzene rings is 2. The zero-order valence-electron chi connectivity index (χ0n) is 13.1.